The van der Waals surface area contributed by atoms with Gasteiger partial charge in [-0.2, -0.15) is 0 Å². The molecule has 0 aliphatic heterocycles. The lowest BCUT2D eigenvalue weighted by atomic mass is 10.2. The van der Waals surface area contributed by atoms with Crippen LogP contribution in [0.2, 0.25) is 5.02 Å². The van der Waals surface area contributed by atoms with E-state index in [1.807, 2.05) is 25.9 Å². The molecule has 2 rings (SSSR count). The van der Waals surface area contributed by atoms with Crippen LogP contribution in [0.5, 0.6) is 5.75 Å². The molecule has 164 valence electrons. The lowest BCUT2D eigenvalue weighted by Crippen LogP contribution is -2.41. The van der Waals surface area contributed by atoms with Crippen LogP contribution in [0.4, 0.5) is 5.69 Å². The highest BCUT2D eigenvalue weighted by Crippen LogP contribution is 2.31. The van der Waals surface area contributed by atoms with Crippen LogP contribution >= 0.6 is 11.6 Å². The summed E-state index contributed by atoms with van der Waals surface area (Å²) in [6.07, 6.45) is 0.762. The van der Waals surface area contributed by atoms with Gasteiger partial charge >= 0.3 is 0 Å². The lowest BCUT2D eigenvalue weighted by Gasteiger charge is -2.24. The van der Waals surface area contributed by atoms with E-state index in [1.165, 1.54) is 25.3 Å². The van der Waals surface area contributed by atoms with Crippen LogP contribution in [0.25, 0.3) is 0 Å². The SMILES string of the molecule is COc1ccc(N(CC(=O)NCCCN(C)C)S(=O)(=O)c2ccc(C)cc2)cc1Cl. The molecule has 2 aromatic carbocycles. The number of rotatable bonds is 10. The first-order chi connectivity index (χ1) is 14.1. The monoisotopic (exact) mass is 453 g/mol. The van der Waals surface area contributed by atoms with E-state index in [-0.39, 0.29) is 22.2 Å². The maximum atomic E-state index is 13.3. The second-order valence-electron chi connectivity index (χ2n) is 7.15. The van der Waals surface area contributed by atoms with Gasteiger partial charge < -0.3 is 15.0 Å². The summed E-state index contributed by atoms with van der Waals surface area (Å²) in [4.78, 5) is 14.6. The fourth-order valence-corrected chi connectivity index (χ4v) is 4.44. The van der Waals surface area contributed by atoms with Gasteiger partial charge in [0, 0.05) is 6.54 Å². The Hall–Kier alpha value is -2.29. The van der Waals surface area contributed by atoms with Crippen molar-refractivity contribution >= 4 is 33.2 Å². The minimum Gasteiger partial charge on any atom is -0.495 e. The van der Waals surface area contributed by atoms with Crippen molar-refractivity contribution < 1.29 is 17.9 Å². The maximum absolute atomic E-state index is 13.3. The summed E-state index contributed by atoms with van der Waals surface area (Å²) in [5.74, 6) is 0.0256. The van der Waals surface area contributed by atoms with Crippen LogP contribution in [0.15, 0.2) is 47.4 Å². The lowest BCUT2D eigenvalue weighted by molar-refractivity contribution is -0.119. The molecule has 7 nitrogen and oxygen atoms in total. The van der Waals surface area contributed by atoms with E-state index in [0.717, 1.165) is 22.8 Å². The summed E-state index contributed by atoms with van der Waals surface area (Å²) < 4.78 is 32.9. The van der Waals surface area contributed by atoms with Gasteiger partial charge in [0.25, 0.3) is 10.0 Å². The highest BCUT2D eigenvalue weighted by Gasteiger charge is 2.27. The van der Waals surface area contributed by atoms with Crippen LogP contribution in [0.1, 0.15) is 12.0 Å². The molecule has 1 N–H and O–H groups in total. The molecule has 0 radical (unpaired) electrons. The van der Waals surface area contributed by atoms with Gasteiger partial charge in [0.15, 0.2) is 0 Å². The maximum Gasteiger partial charge on any atom is 0.264 e. The molecule has 0 saturated heterocycles. The molecule has 0 aromatic heterocycles. The highest BCUT2D eigenvalue weighted by atomic mass is 35.5. The molecule has 0 fully saturated rings. The van der Waals surface area contributed by atoms with Gasteiger partial charge in [-0.25, -0.2) is 8.42 Å². The molecule has 0 saturated carbocycles. The Balaban J connectivity index is 2.32. The van der Waals surface area contributed by atoms with E-state index in [1.54, 1.807) is 24.3 Å². The van der Waals surface area contributed by atoms with Crippen molar-refractivity contribution in [3.05, 3.63) is 53.1 Å². The molecule has 0 unspecified atom stereocenters. The molecular weight excluding hydrogens is 426 g/mol. The Morgan fingerprint density at radius 2 is 1.80 bits per heavy atom. The van der Waals surface area contributed by atoms with E-state index in [0.29, 0.717) is 12.3 Å². The molecule has 0 bridgehead atoms. The topological polar surface area (TPSA) is 79.0 Å². The fraction of sp³-hybridized carbons (Fsp3) is 0.381. The number of carbonyl (C=O) groups excluding carboxylic acids is 1. The van der Waals surface area contributed by atoms with Gasteiger partial charge in [-0.05, 0) is 64.3 Å². The third-order valence-corrected chi connectivity index (χ3v) is 6.51. The number of aryl methyl sites for hydroxylation is 1. The predicted molar refractivity (Wildman–Crippen MR) is 120 cm³/mol. The molecule has 1 amide bonds. The van der Waals surface area contributed by atoms with Gasteiger partial charge in [-0.1, -0.05) is 29.3 Å². The third-order valence-electron chi connectivity index (χ3n) is 4.42. The summed E-state index contributed by atoms with van der Waals surface area (Å²) in [6.45, 7) is 2.79. The summed E-state index contributed by atoms with van der Waals surface area (Å²) in [5, 5.41) is 3.03. The molecule has 9 heteroatoms. The number of halogens is 1. The first-order valence-corrected chi connectivity index (χ1v) is 11.3. The largest absolute Gasteiger partial charge is 0.495 e. The summed E-state index contributed by atoms with van der Waals surface area (Å²) in [7, 11) is 1.39. The smallest absolute Gasteiger partial charge is 0.264 e. The number of amides is 1. The second-order valence-corrected chi connectivity index (χ2v) is 9.42. The number of benzene rings is 2. The molecule has 0 aliphatic carbocycles. The Labute approximate surface area is 183 Å². The summed E-state index contributed by atoms with van der Waals surface area (Å²) in [5.41, 5.74) is 1.22. The van der Waals surface area contributed by atoms with Crippen LogP contribution in [0.3, 0.4) is 0 Å². The minimum atomic E-state index is -3.98. The Morgan fingerprint density at radius 3 is 2.37 bits per heavy atom. The van der Waals surface area contributed by atoms with Crippen LogP contribution in [-0.4, -0.2) is 60.1 Å². The molecule has 0 atom stereocenters. The quantitative estimate of drug-likeness (QED) is 0.559. The van der Waals surface area contributed by atoms with Crippen molar-refractivity contribution in [2.45, 2.75) is 18.2 Å². The van der Waals surface area contributed by atoms with Crippen molar-refractivity contribution in [2.24, 2.45) is 0 Å². The average Bonchev–Trinajstić information content (AvgIpc) is 2.69. The zero-order valence-electron chi connectivity index (χ0n) is 17.7. The number of hydrogen-bond acceptors (Lipinski definition) is 5. The van der Waals surface area contributed by atoms with Gasteiger partial charge in [-0.3, -0.25) is 9.10 Å². The van der Waals surface area contributed by atoms with Gasteiger partial charge in [0.1, 0.15) is 12.3 Å². The van der Waals surface area contributed by atoms with Crippen LogP contribution in [0, 0.1) is 6.92 Å². The van der Waals surface area contributed by atoms with Crippen LogP contribution in [-0.2, 0) is 14.8 Å². The fourth-order valence-electron chi connectivity index (χ4n) is 2.77. The minimum absolute atomic E-state index is 0.0976. The van der Waals surface area contributed by atoms with E-state index >= 15 is 0 Å². The second kappa shape index (κ2) is 10.7. The van der Waals surface area contributed by atoms with Gasteiger partial charge in [0.2, 0.25) is 5.91 Å². The van der Waals surface area contributed by atoms with Crippen molar-refractivity contribution in [3.63, 3.8) is 0 Å². The summed E-state index contributed by atoms with van der Waals surface area (Å²) >= 11 is 6.21. The molecule has 30 heavy (non-hydrogen) atoms. The van der Waals surface area contributed by atoms with Crippen molar-refractivity contribution in [1.29, 1.82) is 0 Å². The van der Waals surface area contributed by atoms with Crippen molar-refractivity contribution in [1.82, 2.24) is 10.2 Å². The number of sulfonamides is 1. The number of hydrogen-bond donors (Lipinski definition) is 1. The Morgan fingerprint density at radius 1 is 1.13 bits per heavy atom. The summed E-state index contributed by atoms with van der Waals surface area (Å²) in [6, 6.07) is 11.1. The Kier molecular flexibility index (Phi) is 8.52. The third kappa shape index (κ3) is 6.35. The first-order valence-electron chi connectivity index (χ1n) is 9.49. The zero-order valence-corrected chi connectivity index (χ0v) is 19.3. The van der Waals surface area contributed by atoms with E-state index < -0.39 is 15.9 Å². The van der Waals surface area contributed by atoms with E-state index in [9.17, 15) is 13.2 Å². The van der Waals surface area contributed by atoms with E-state index in [4.69, 9.17) is 16.3 Å². The molecule has 0 aliphatic rings. The number of carbonyl (C=O) groups is 1. The predicted octanol–water partition coefficient (Wildman–Crippen LogP) is 2.92. The number of nitrogens with one attached hydrogen (secondary N) is 1. The Bertz CT molecular complexity index is 963. The van der Waals surface area contributed by atoms with Gasteiger partial charge in [0.05, 0.1) is 22.7 Å². The molecule has 0 spiro atoms. The van der Waals surface area contributed by atoms with E-state index in [2.05, 4.69) is 5.32 Å². The number of ether oxygens (including phenoxy) is 1. The average molecular weight is 454 g/mol. The standard InChI is InChI=1S/C21H28ClN3O4S/c1-16-6-9-18(10-7-16)30(27,28)25(15-21(26)23-12-5-13-24(2)3)17-8-11-20(29-4)19(22)14-17/h6-11,14H,5,12-13,15H2,1-4H3,(H,23,26). The molecule has 2 aromatic rings. The highest BCUT2D eigenvalue weighted by molar-refractivity contribution is 7.92. The number of methoxy groups -OCH3 is 1. The van der Waals surface area contributed by atoms with Crippen molar-refractivity contribution in [3.8, 4) is 5.75 Å². The van der Waals surface area contributed by atoms with Gasteiger partial charge in [-0.15, -0.1) is 0 Å². The number of nitrogens with zero attached hydrogens (tertiary/aromatic N) is 2. The first kappa shape index (κ1) is 24.0. The normalized spacial score (nSPS) is 11.4. The van der Waals surface area contributed by atoms with Crippen molar-refractivity contribution in [2.75, 3.05) is 45.1 Å². The molecule has 0 heterocycles. The van der Waals surface area contributed by atoms with Crippen LogP contribution < -0.4 is 14.4 Å². The zero-order chi connectivity index (χ0) is 22.3. The number of anilines is 1. The molecular formula is C21H28ClN3O4S.